The predicted molar refractivity (Wildman–Crippen MR) is 65.4 cm³/mol. The summed E-state index contributed by atoms with van der Waals surface area (Å²) in [5.41, 5.74) is -3.97. The number of hydrogen-bond donors (Lipinski definition) is 0. The van der Waals surface area contributed by atoms with Gasteiger partial charge in [-0.15, -0.1) is 0 Å². The van der Waals surface area contributed by atoms with Crippen LogP contribution in [0.15, 0.2) is 23.1 Å². The number of alkyl halides is 4. The lowest BCUT2D eigenvalue weighted by Crippen LogP contribution is -2.04. The minimum atomic E-state index is -4.40. The summed E-state index contributed by atoms with van der Waals surface area (Å²) < 4.78 is 36.5. The topological polar surface area (TPSA) is 40.9 Å². The number of rotatable bonds is 3. The molecule has 0 saturated heterocycles. The lowest BCUT2D eigenvalue weighted by atomic mass is 10.0. The van der Waals surface area contributed by atoms with Crippen LogP contribution >= 0.6 is 27.7 Å². The Bertz CT molecular complexity index is 510. The van der Waals surface area contributed by atoms with Crippen LogP contribution in [0.2, 0.25) is 0 Å². The third-order valence-corrected chi connectivity index (χ3v) is 3.87. The van der Waals surface area contributed by atoms with Crippen molar-refractivity contribution in [2.45, 2.75) is 22.2 Å². The molecule has 18 heavy (non-hydrogen) atoms. The number of carbonyl (C=O) groups is 1. The van der Waals surface area contributed by atoms with E-state index in [4.69, 9.17) is 5.26 Å². The minimum Gasteiger partial charge on any atom is -0.298 e. The number of nitriles is 1. The lowest BCUT2D eigenvalue weighted by molar-refractivity contribution is -0.116. The van der Waals surface area contributed by atoms with Crippen molar-refractivity contribution in [1.82, 2.24) is 0 Å². The van der Waals surface area contributed by atoms with Crippen molar-refractivity contribution in [3.8, 4) is 6.07 Å². The van der Waals surface area contributed by atoms with E-state index in [0.29, 0.717) is 5.56 Å². The van der Waals surface area contributed by atoms with Crippen LogP contribution in [0.4, 0.5) is 13.2 Å². The number of thioether (sulfide) groups is 1. The zero-order valence-electron chi connectivity index (χ0n) is 9.08. The summed E-state index contributed by atoms with van der Waals surface area (Å²) in [7, 11) is 0. The maximum absolute atomic E-state index is 12.2. The van der Waals surface area contributed by atoms with Crippen molar-refractivity contribution < 1.29 is 18.0 Å². The van der Waals surface area contributed by atoms with E-state index in [1.165, 1.54) is 19.1 Å². The monoisotopic (exact) mass is 337 g/mol. The fourth-order valence-corrected chi connectivity index (χ4v) is 2.25. The standard InChI is InChI=1S/C11H7BrF3NOS/c1-6(17)10(12)9-3-2-8(4-7(9)5-16)18-11(13,14)15/h2-4,10H,1H3. The first-order chi connectivity index (χ1) is 8.24. The van der Waals surface area contributed by atoms with Gasteiger partial charge in [-0.25, -0.2) is 0 Å². The Morgan fingerprint density at radius 3 is 2.56 bits per heavy atom. The zero-order valence-corrected chi connectivity index (χ0v) is 11.5. The molecule has 1 rings (SSSR count). The van der Waals surface area contributed by atoms with Crippen molar-refractivity contribution in [2.75, 3.05) is 0 Å². The van der Waals surface area contributed by atoms with E-state index in [1.807, 2.05) is 0 Å². The first kappa shape index (κ1) is 15.1. The number of hydrogen-bond acceptors (Lipinski definition) is 3. The van der Waals surface area contributed by atoms with E-state index >= 15 is 0 Å². The van der Waals surface area contributed by atoms with Crippen molar-refractivity contribution in [3.63, 3.8) is 0 Å². The van der Waals surface area contributed by atoms with Crippen LogP contribution in [-0.2, 0) is 4.79 Å². The zero-order chi connectivity index (χ0) is 13.9. The number of halogens is 4. The van der Waals surface area contributed by atoms with Gasteiger partial charge in [0.2, 0.25) is 0 Å². The first-order valence-corrected chi connectivity index (χ1v) is 6.42. The molecule has 96 valence electrons. The van der Waals surface area contributed by atoms with Crippen LogP contribution in [0.1, 0.15) is 22.9 Å². The second-order valence-corrected chi connectivity index (χ2v) is 5.44. The Balaban J connectivity index is 3.13. The molecular weight excluding hydrogens is 331 g/mol. The molecule has 0 saturated carbocycles. The fraction of sp³-hybridized carbons (Fsp3) is 0.273. The van der Waals surface area contributed by atoms with Gasteiger partial charge in [0, 0.05) is 4.90 Å². The predicted octanol–water partition coefficient (Wildman–Crippen LogP) is 4.20. The van der Waals surface area contributed by atoms with Crippen molar-refractivity contribution >= 4 is 33.5 Å². The largest absolute Gasteiger partial charge is 0.446 e. The maximum Gasteiger partial charge on any atom is 0.446 e. The van der Waals surface area contributed by atoms with E-state index in [-0.39, 0.29) is 28.0 Å². The normalized spacial score (nSPS) is 12.9. The highest BCUT2D eigenvalue weighted by molar-refractivity contribution is 9.09. The Hall–Kier alpha value is -1.00. The van der Waals surface area contributed by atoms with Crippen molar-refractivity contribution in [1.29, 1.82) is 5.26 Å². The Morgan fingerprint density at radius 2 is 2.11 bits per heavy atom. The Labute approximate surface area is 114 Å². The second kappa shape index (κ2) is 5.76. The molecular formula is C11H7BrF3NOS. The maximum atomic E-state index is 12.2. The number of ketones is 1. The van der Waals surface area contributed by atoms with Crippen LogP contribution in [-0.4, -0.2) is 11.3 Å². The van der Waals surface area contributed by atoms with E-state index in [2.05, 4.69) is 15.9 Å². The number of carbonyl (C=O) groups excluding carboxylic acids is 1. The second-order valence-electron chi connectivity index (χ2n) is 3.38. The van der Waals surface area contributed by atoms with Gasteiger partial charge in [0.05, 0.1) is 16.5 Å². The molecule has 1 aromatic carbocycles. The third kappa shape index (κ3) is 4.03. The highest BCUT2D eigenvalue weighted by Gasteiger charge is 2.29. The molecule has 2 nitrogen and oxygen atoms in total. The summed E-state index contributed by atoms with van der Waals surface area (Å²) in [5, 5.41) is 8.90. The van der Waals surface area contributed by atoms with Crippen LogP contribution in [0.25, 0.3) is 0 Å². The van der Waals surface area contributed by atoms with Gasteiger partial charge in [-0.1, -0.05) is 22.0 Å². The number of Topliss-reactive ketones (excluding diaryl/α,β-unsaturated/α-hetero) is 1. The summed E-state index contributed by atoms with van der Waals surface area (Å²) in [5.74, 6) is -0.220. The van der Waals surface area contributed by atoms with Gasteiger partial charge >= 0.3 is 5.51 Å². The number of benzene rings is 1. The SMILES string of the molecule is CC(=O)C(Br)c1ccc(SC(F)(F)F)cc1C#N. The van der Waals surface area contributed by atoms with E-state index in [9.17, 15) is 18.0 Å². The minimum absolute atomic E-state index is 0.0568. The van der Waals surface area contributed by atoms with E-state index < -0.39 is 10.3 Å². The van der Waals surface area contributed by atoms with Gasteiger partial charge < -0.3 is 0 Å². The van der Waals surface area contributed by atoms with Gasteiger partial charge in [0.1, 0.15) is 5.78 Å². The molecule has 0 aromatic heterocycles. The summed E-state index contributed by atoms with van der Waals surface area (Å²) in [6, 6.07) is 5.52. The van der Waals surface area contributed by atoms with Crippen LogP contribution in [0, 0.1) is 11.3 Å². The first-order valence-electron chi connectivity index (χ1n) is 4.69. The fourth-order valence-electron chi connectivity index (χ4n) is 1.27. The van der Waals surface area contributed by atoms with Gasteiger partial charge in [-0.05, 0) is 36.4 Å². The molecule has 0 spiro atoms. The molecule has 0 N–H and O–H groups in total. The molecule has 1 unspecified atom stereocenters. The Kier molecular flexibility index (Phi) is 4.82. The summed E-state index contributed by atoms with van der Waals surface area (Å²) in [6.45, 7) is 1.33. The molecule has 0 aliphatic rings. The highest BCUT2D eigenvalue weighted by Crippen LogP contribution is 2.38. The highest BCUT2D eigenvalue weighted by atomic mass is 79.9. The smallest absolute Gasteiger partial charge is 0.298 e. The quantitative estimate of drug-likeness (QED) is 0.613. The summed E-state index contributed by atoms with van der Waals surface area (Å²) in [4.78, 5) is 10.4. The van der Waals surface area contributed by atoms with E-state index in [0.717, 1.165) is 6.07 Å². The molecule has 0 amide bonds. The molecule has 0 aliphatic carbocycles. The molecule has 0 radical (unpaired) electrons. The van der Waals surface area contributed by atoms with Gasteiger partial charge in [-0.2, -0.15) is 18.4 Å². The van der Waals surface area contributed by atoms with Gasteiger partial charge in [0.15, 0.2) is 0 Å². The third-order valence-electron chi connectivity index (χ3n) is 2.01. The average molecular weight is 338 g/mol. The van der Waals surface area contributed by atoms with Crippen molar-refractivity contribution in [2.24, 2.45) is 0 Å². The molecule has 0 fully saturated rings. The van der Waals surface area contributed by atoms with E-state index in [1.54, 1.807) is 6.07 Å². The van der Waals surface area contributed by atoms with Crippen LogP contribution in [0.5, 0.6) is 0 Å². The molecule has 1 aromatic rings. The average Bonchev–Trinajstić information content (AvgIpc) is 2.25. The Morgan fingerprint density at radius 1 is 1.50 bits per heavy atom. The summed E-state index contributed by atoms with van der Waals surface area (Å²) >= 11 is 2.81. The molecule has 0 bridgehead atoms. The number of nitrogens with zero attached hydrogens (tertiary/aromatic N) is 1. The van der Waals surface area contributed by atoms with Crippen LogP contribution < -0.4 is 0 Å². The van der Waals surface area contributed by atoms with Crippen molar-refractivity contribution in [3.05, 3.63) is 29.3 Å². The molecule has 0 aliphatic heterocycles. The summed E-state index contributed by atoms with van der Waals surface area (Å²) in [6.07, 6.45) is 0. The van der Waals surface area contributed by atoms with Crippen LogP contribution in [0.3, 0.4) is 0 Å². The molecule has 0 heterocycles. The lowest BCUT2D eigenvalue weighted by Gasteiger charge is -2.11. The van der Waals surface area contributed by atoms with Gasteiger partial charge in [-0.3, -0.25) is 4.79 Å². The molecule has 7 heteroatoms. The molecule has 1 atom stereocenters. The van der Waals surface area contributed by atoms with Gasteiger partial charge in [0.25, 0.3) is 0 Å².